The lowest BCUT2D eigenvalue weighted by Gasteiger charge is -2.39. The van der Waals surface area contributed by atoms with E-state index in [0.29, 0.717) is 0 Å². The molecule has 0 N–H and O–H groups in total. The van der Waals surface area contributed by atoms with Crippen LogP contribution in [0.3, 0.4) is 0 Å². The minimum atomic E-state index is -0.528. The van der Waals surface area contributed by atoms with Crippen LogP contribution in [-0.2, 0) is 5.41 Å². The fraction of sp³-hybridized carbons (Fsp3) is 0.0182. The fourth-order valence-corrected chi connectivity index (χ4v) is 10.5. The van der Waals surface area contributed by atoms with E-state index in [4.69, 9.17) is 4.42 Å². The van der Waals surface area contributed by atoms with Crippen LogP contribution in [0.4, 0.5) is 17.1 Å². The first-order valence-corrected chi connectivity index (χ1v) is 20.0. The highest BCUT2D eigenvalue weighted by Gasteiger charge is 2.51. The summed E-state index contributed by atoms with van der Waals surface area (Å²) in [6.07, 6.45) is 0. The first kappa shape index (κ1) is 31.6. The maximum absolute atomic E-state index is 6.47. The number of aromatic nitrogens is 1. The molecule has 11 aromatic rings. The molecule has 0 amide bonds. The molecule has 1 aliphatic heterocycles. The van der Waals surface area contributed by atoms with Crippen LogP contribution in [0.2, 0.25) is 0 Å². The van der Waals surface area contributed by atoms with E-state index < -0.39 is 5.41 Å². The van der Waals surface area contributed by atoms with Crippen LogP contribution in [-0.4, -0.2) is 4.57 Å². The Hall–Kier alpha value is -7.62. The van der Waals surface area contributed by atoms with Crippen LogP contribution < -0.4 is 4.90 Å². The first-order chi connectivity index (χ1) is 28.8. The zero-order valence-corrected chi connectivity index (χ0v) is 31.4. The molecule has 1 aliphatic carbocycles. The Kier molecular flexibility index (Phi) is 6.37. The van der Waals surface area contributed by atoms with Gasteiger partial charge in [-0.3, -0.25) is 0 Å². The molecule has 3 nitrogen and oxygen atoms in total. The number of para-hydroxylation sites is 6. The van der Waals surface area contributed by atoms with Crippen molar-refractivity contribution in [1.29, 1.82) is 0 Å². The second kappa shape index (κ2) is 11.7. The fourth-order valence-electron chi connectivity index (χ4n) is 10.5. The predicted octanol–water partition coefficient (Wildman–Crippen LogP) is 14.5. The molecule has 9 aromatic carbocycles. The van der Waals surface area contributed by atoms with Gasteiger partial charge in [-0.1, -0.05) is 158 Å². The molecule has 3 heterocycles. The molecule has 0 saturated carbocycles. The van der Waals surface area contributed by atoms with Crippen molar-refractivity contribution in [2.75, 3.05) is 4.90 Å². The van der Waals surface area contributed by atoms with E-state index in [-0.39, 0.29) is 0 Å². The minimum absolute atomic E-state index is 0.528. The second-order valence-electron chi connectivity index (χ2n) is 15.6. The van der Waals surface area contributed by atoms with Crippen molar-refractivity contribution in [3.63, 3.8) is 0 Å². The number of fused-ring (bicyclic) bond motifs is 15. The van der Waals surface area contributed by atoms with E-state index in [2.05, 4.69) is 204 Å². The topological polar surface area (TPSA) is 21.3 Å². The molecule has 3 heteroatoms. The molecule has 1 spiro atoms. The minimum Gasteiger partial charge on any atom is -0.455 e. The van der Waals surface area contributed by atoms with Gasteiger partial charge in [-0.2, -0.15) is 0 Å². The number of hydrogen-bond acceptors (Lipinski definition) is 2. The van der Waals surface area contributed by atoms with E-state index in [1.807, 2.05) is 12.1 Å². The maximum Gasteiger partial charge on any atom is 0.143 e. The van der Waals surface area contributed by atoms with E-state index >= 15 is 0 Å². The first-order valence-electron chi connectivity index (χ1n) is 20.0. The Balaban J connectivity index is 1.06. The highest BCUT2D eigenvalue weighted by atomic mass is 16.3. The molecule has 1 unspecified atom stereocenters. The lowest BCUT2D eigenvalue weighted by atomic mass is 9.65. The molecule has 2 aromatic heterocycles. The SMILES string of the molecule is c1ccc(N(c2ccc(-c3cccc4c3oc3ccccc34)cc2)c2cccc3c2-c2ccccc2C32c3ccccc3-n3c4ccccc4c4cccc2c43)cc1. The Labute approximate surface area is 335 Å². The number of anilines is 3. The average Bonchev–Trinajstić information content (AvgIpc) is 3.94. The van der Waals surface area contributed by atoms with Crippen LogP contribution in [0, 0.1) is 0 Å². The van der Waals surface area contributed by atoms with Gasteiger partial charge in [0.2, 0.25) is 0 Å². The summed E-state index contributed by atoms with van der Waals surface area (Å²) in [5, 5.41) is 4.84. The molecule has 1 atom stereocenters. The molecular formula is C55H34N2O. The van der Waals surface area contributed by atoms with Crippen LogP contribution in [0.1, 0.15) is 22.3 Å². The Bertz CT molecular complexity index is 3460. The Morgan fingerprint density at radius 1 is 0.414 bits per heavy atom. The summed E-state index contributed by atoms with van der Waals surface area (Å²) in [7, 11) is 0. The lowest BCUT2D eigenvalue weighted by Crippen LogP contribution is -2.33. The molecule has 0 radical (unpaired) electrons. The van der Waals surface area contributed by atoms with Gasteiger partial charge in [0.25, 0.3) is 0 Å². The van der Waals surface area contributed by atoms with Crippen LogP contribution in [0.5, 0.6) is 0 Å². The molecular weight excluding hydrogens is 705 g/mol. The van der Waals surface area contributed by atoms with Crippen molar-refractivity contribution in [3.8, 4) is 27.9 Å². The second-order valence-corrected chi connectivity index (χ2v) is 15.6. The zero-order valence-electron chi connectivity index (χ0n) is 31.4. The lowest BCUT2D eigenvalue weighted by molar-refractivity contribution is 0.670. The highest BCUT2D eigenvalue weighted by molar-refractivity contribution is 6.13. The van der Waals surface area contributed by atoms with Gasteiger partial charge in [0.1, 0.15) is 11.2 Å². The monoisotopic (exact) mass is 738 g/mol. The van der Waals surface area contributed by atoms with Gasteiger partial charge in [0, 0.05) is 44.0 Å². The summed E-state index contributed by atoms with van der Waals surface area (Å²) in [6, 6.07) is 75.5. The van der Waals surface area contributed by atoms with E-state index in [1.54, 1.807) is 0 Å². The van der Waals surface area contributed by atoms with Gasteiger partial charge in [0.15, 0.2) is 0 Å². The Morgan fingerprint density at radius 3 is 1.93 bits per heavy atom. The summed E-state index contributed by atoms with van der Waals surface area (Å²) in [4.78, 5) is 2.44. The smallest absolute Gasteiger partial charge is 0.143 e. The van der Waals surface area contributed by atoms with Gasteiger partial charge in [-0.05, 0) is 81.9 Å². The molecule has 58 heavy (non-hydrogen) atoms. The average molecular weight is 739 g/mol. The molecule has 2 aliphatic rings. The molecule has 0 saturated heterocycles. The maximum atomic E-state index is 6.47. The number of hydrogen-bond donors (Lipinski definition) is 0. The van der Waals surface area contributed by atoms with E-state index in [0.717, 1.165) is 50.1 Å². The Morgan fingerprint density at radius 2 is 1.03 bits per heavy atom. The largest absolute Gasteiger partial charge is 0.455 e. The van der Waals surface area contributed by atoms with Crippen LogP contribution >= 0.6 is 0 Å². The molecule has 270 valence electrons. The molecule has 0 bridgehead atoms. The van der Waals surface area contributed by atoms with Crippen molar-refractivity contribution in [2.45, 2.75) is 5.41 Å². The van der Waals surface area contributed by atoms with Crippen molar-refractivity contribution >= 4 is 60.8 Å². The third-order valence-electron chi connectivity index (χ3n) is 12.8. The van der Waals surface area contributed by atoms with Gasteiger partial charge >= 0.3 is 0 Å². The standard InChI is InChI=1S/C55H34N2O/c1-2-15-36(16-3-1)56(37-33-31-35(32-34-37)38-20-12-22-42-40-18-6-11-30-51(40)58-54(38)42)50-29-14-25-46-52(50)43-19-4-7-23-44(43)55(46)45-24-8-10-28-49(45)57-48-27-9-5-17-39(48)41-21-13-26-47(55)53(41)57/h1-34H. The third kappa shape index (κ3) is 4.02. The summed E-state index contributed by atoms with van der Waals surface area (Å²) < 4.78 is 8.97. The van der Waals surface area contributed by atoms with E-state index in [9.17, 15) is 0 Å². The summed E-state index contributed by atoms with van der Waals surface area (Å²) in [5.41, 5.74) is 18.4. The van der Waals surface area contributed by atoms with Crippen LogP contribution in [0.25, 0.3) is 71.7 Å². The van der Waals surface area contributed by atoms with E-state index in [1.165, 1.54) is 60.9 Å². The van der Waals surface area contributed by atoms with Crippen molar-refractivity contribution in [2.24, 2.45) is 0 Å². The number of furan rings is 1. The molecule has 0 fully saturated rings. The van der Waals surface area contributed by atoms with Gasteiger partial charge in [-0.25, -0.2) is 0 Å². The van der Waals surface area contributed by atoms with Crippen molar-refractivity contribution in [3.05, 3.63) is 229 Å². The number of nitrogens with zero attached hydrogens (tertiary/aromatic N) is 2. The van der Waals surface area contributed by atoms with Crippen LogP contribution in [0.15, 0.2) is 211 Å². The normalized spacial score (nSPS) is 15.0. The number of benzene rings is 9. The van der Waals surface area contributed by atoms with Crippen molar-refractivity contribution in [1.82, 2.24) is 4.57 Å². The molecule has 13 rings (SSSR count). The highest BCUT2D eigenvalue weighted by Crippen LogP contribution is 2.63. The third-order valence-corrected chi connectivity index (χ3v) is 12.8. The quantitative estimate of drug-likeness (QED) is 0.179. The van der Waals surface area contributed by atoms with Gasteiger partial charge in [-0.15, -0.1) is 0 Å². The van der Waals surface area contributed by atoms with Crippen molar-refractivity contribution < 1.29 is 4.42 Å². The number of rotatable bonds is 4. The summed E-state index contributed by atoms with van der Waals surface area (Å²) >= 11 is 0. The summed E-state index contributed by atoms with van der Waals surface area (Å²) in [5.74, 6) is 0. The predicted molar refractivity (Wildman–Crippen MR) is 239 cm³/mol. The van der Waals surface area contributed by atoms with Gasteiger partial charge in [0.05, 0.1) is 27.8 Å². The van der Waals surface area contributed by atoms with Gasteiger partial charge < -0.3 is 13.9 Å². The summed E-state index contributed by atoms with van der Waals surface area (Å²) in [6.45, 7) is 0. The zero-order chi connectivity index (χ0) is 38.0.